The minimum absolute atomic E-state index is 0.0268. The summed E-state index contributed by atoms with van der Waals surface area (Å²) in [5.41, 5.74) is 1.01. The van der Waals surface area contributed by atoms with Gasteiger partial charge < -0.3 is 18.6 Å². The van der Waals surface area contributed by atoms with Crippen LogP contribution in [0.5, 0.6) is 5.75 Å². The van der Waals surface area contributed by atoms with Gasteiger partial charge in [-0.3, -0.25) is 4.79 Å². The van der Waals surface area contributed by atoms with E-state index in [0.717, 1.165) is 11.3 Å². The molecule has 128 valence electrons. The van der Waals surface area contributed by atoms with E-state index in [4.69, 9.17) is 13.7 Å². The molecule has 4 rings (SSSR count). The summed E-state index contributed by atoms with van der Waals surface area (Å²) in [6, 6.07) is 11.2. The molecular weight excluding hydrogens is 322 g/mol. The molecule has 1 aliphatic rings. The van der Waals surface area contributed by atoms with Crippen LogP contribution < -0.4 is 4.74 Å². The highest BCUT2D eigenvalue weighted by Gasteiger charge is 2.36. The Bertz CT molecular complexity index is 866. The van der Waals surface area contributed by atoms with Crippen LogP contribution in [0.4, 0.5) is 0 Å². The number of rotatable bonds is 5. The van der Waals surface area contributed by atoms with Gasteiger partial charge in [0.2, 0.25) is 11.7 Å². The van der Waals surface area contributed by atoms with Crippen LogP contribution >= 0.6 is 0 Å². The highest BCUT2D eigenvalue weighted by Crippen LogP contribution is 2.28. The Morgan fingerprint density at radius 3 is 2.88 bits per heavy atom. The Balaban J connectivity index is 1.30. The third kappa shape index (κ3) is 3.13. The molecule has 0 N–H and O–H groups in total. The molecule has 1 amide bonds. The number of nitrogens with zero attached hydrogens (tertiary/aromatic N) is 3. The lowest BCUT2D eigenvalue weighted by Gasteiger charge is -2.36. The quantitative estimate of drug-likeness (QED) is 0.711. The summed E-state index contributed by atoms with van der Waals surface area (Å²) < 4.78 is 16.1. The van der Waals surface area contributed by atoms with Gasteiger partial charge >= 0.3 is 0 Å². The third-order valence-electron chi connectivity index (χ3n) is 4.21. The zero-order chi connectivity index (χ0) is 17.2. The van der Waals surface area contributed by atoms with Crippen LogP contribution in [0.25, 0.3) is 11.6 Å². The van der Waals surface area contributed by atoms with E-state index >= 15 is 0 Å². The van der Waals surface area contributed by atoms with E-state index in [1.807, 2.05) is 31.2 Å². The van der Waals surface area contributed by atoms with Crippen LogP contribution in [0.2, 0.25) is 0 Å². The van der Waals surface area contributed by atoms with Crippen molar-refractivity contribution < 1.29 is 18.5 Å². The predicted octanol–water partition coefficient (Wildman–Crippen LogP) is 2.64. The van der Waals surface area contributed by atoms with E-state index in [2.05, 4.69) is 10.1 Å². The van der Waals surface area contributed by atoms with E-state index in [9.17, 15) is 4.79 Å². The highest BCUT2D eigenvalue weighted by atomic mass is 16.5. The van der Waals surface area contributed by atoms with E-state index in [-0.39, 0.29) is 18.4 Å². The van der Waals surface area contributed by atoms with Crippen molar-refractivity contribution >= 4 is 5.91 Å². The van der Waals surface area contributed by atoms with Crippen molar-refractivity contribution in [2.45, 2.75) is 12.8 Å². The Labute approximate surface area is 144 Å². The number of ether oxygens (including phenoxy) is 1. The van der Waals surface area contributed by atoms with E-state index in [1.54, 1.807) is 23.3 Å². The number of furan rings is 1. The van der Waals surface area contributed by atoms with Crippen molar-refractivity contribution in [3.05, 3.63) is 54.1 Å². The van der Waals surface area contributed by atoms with Crippen molar-refractivity contribution in [3.8, 4) is 17.3 Å². The molecule has 0 saturated carbocycles. The fourth-order valence-corrected chi connectivity index (χ4v) is 2.69. The van der Waals surface area contributed by atoms with Gasteiger partial charge in [0.05, 0.1) is 12.2 Å². The number of hydrogen-bond acceptors (Lipinski definition) is 6. The zero-order valence-corrected chi connectivity index (χ0v) is 13.7. The fraction of sp³-hybridized carbons (Fsp3) is 0.278. The van der Waals surface area contributed by atoms with Crippen LogP contribution in [0.15, 0.2) is 51.6 Å². The van der Waals surface area contributed by atoms with Gasteiger partial charge in [0.25, 0.3) is 5.91 Å². The number of likely N-dealkylation sites (tertiary alicyclic amines) is 1. The summed E-state index contributed by atoms with van der Waals surface area (Å²) in [5.74, 6) is 2.24. The van der Waals surface area contributed by atoms with Gasteiger partial charge in [-0.05, 0) is 30.7 Å². The smallest absolute Gasteiger partial charge is 0.260 e. The number of benzene rings is 1. The van der Waals surface area contributed by atoms with Crippen LogP contribution in [0.1, 0.15) is 17.4 Å². The number of carbonyl (C=O) groups is 1. The first-order valence-corrected chi connectivity index (χ1v) is 8.04. The molecule has 2 aromatic heterocycles. The van der Waals surface area contributed by atoms with Crippen LogP contribution in [-0.4, -0.2) is 40.6 Å². The lowest BCUT2D eigenvalue weighted by Crippen LogP contribution is -2.50. The Hall–Kier alpha value is -3.09. The summed E-state index contributed by atoms with van der Waals surface area (Å²) in [6.07, 6.45) is 1.56. The second-order valence-electron chi connectivity index (χ2n) is 5.98. The molecule has 0 spiro atoms. The van der Waals surface area contributed by atoms with Crippen molar-refractivity contribution in [1.82, 2.24) is 15.0 Å². The maximum atomic E-state index is 12.2. The van der Waals surface area contributed by atoms with Crippen LogP contribution in [0.3, 0.4) is 0 Å². The minimum Gasteiger partial charge on any atom is -0.484 e. The van der Waals surface area contributed by atoms with Crippen LogP contribution in [0, 0.1) is 6.92 Å². The van der Waals surface area contributed by atoms with Crippen molar-refractivity contribution in [2.24, 2.45) is 0 Å². The Kier molecular flexibility index (Phi) is 3.97. The summed E-state index contributed by atoms with van der Waals surface area (Å²) in [6.45, 7) is 3.08. The first-order chi connectivity index (χ1) is 12.2. The van der Waals surface area contributed by atoms with E-state index in [0.29, 0.717) is 30.6 Å². The number of amides is 1. The average molecular weight is 339 g/mol. The Morgan fingerprint density at radius 2 is 2.12 bits per heavy atom. The number of para-hydroxylation sites is 1. The molecule has 0 aliphatic carbocycles. The largest absolute Gasteiger partial charge is 0.484 e. The van der Waals surface area contributed by atoms with Gasteiger partial charge in [-0.2, -0.15) is 4.98 Å². The maximum absolute atomic E-state index is 12.2. The molecule has 1 fully saturated rings. The molecule has 0 unspecified atom stereocenters. The summed E-state index contributed by atoms with van der Waals surface area (Å²) in [4.78, 5) is 18.3. The second-order valence-corrected chi connectivity index (χ2v) is 5.98. The molecule has 1 aromatic carbocycles. The molecule has 25 heavy (non-hydrogen) atoms. The SMILES string of the molecule is Cc1ccccc1OCC(=O)N1CC(c2nc(-c3ccco3)no2)C1. The third-order valence-corrected chi connectivity index (χ3v) is 4.21. The van der Waals surface area contributed by atoms with E-state index < -0.39 is 0 Å². The molecule has 1 aliphatic heterocycles. The number of hydrogen-bond donors (Lipinski definition) is 0. The molecule has 1 saturated heterocycles. The molecule has 3 aromatic rings. The zero-order valence-electron chi connectivity index (χ0n) is 13.7. The number of aryl methyl sites for hydroxylation is 1. The number of aromatic nitrogens is 2. The van der Waals surface area contributed by atoms with E-state index in [1.165, 1.54) is 0 Å². The van der Waals surface area contributed by atoms with Crippen molar-refractivity contribution in [1.29, 1.82) is 0 Å². The normalized spacial score (nSPS) is 14.4. The standard InChI is InChI=1S/C18H17N3O4/c1-12-5-2-3-6-14(12)24-11-16(22)21-9-13(10-21)18-19-17(20-25-18)15-7-4-8-23-15/h2-8,13H,9-11H2,1H3. The van der Waals surface area contributed by atoms with Gasteiger partial charge in [-0.25, -0.2) is 0 Å². The summed E-state index contributed by atoms with van der Waals surface area (Å²) >= 11 is 0. The average Bonchev–Trinajstić information content (AvgIpc) is 3.24. The minimum atomic E-state index is -0.0507. The lowest BCUT2D eigenvalue weighted by atomic mass is 10.0. The molecule has 0 atom stereocenters. The van der Waals surface area contributed by atoms with Crippen molar-refractivity contribution in [2.75, 3.05) is 19.7 Å². The molecule has 3 heterocycles. The highest BCUT2D eigenvalue weighted by molar-refractivity contribution is 5.78. The first kappa shape index (κ1) is 15.4. The second kappa shape index (κ2) is 6.43. The lowest BCUT2D eigenvalue weighted by molar-refractivity contribution is -0.138. The summed E-state index contributed by atoms with van der Waals surface area (Å²) in [7, 11) is 0. The monoisotopic (exact) mass is 339 g/mol. The predicted molar refractivity (Wildman–Crippen MR) is 88.0 cm³/mol. The molecule has 7 nitrogen and oxygen atoms in total. The Morgan fingerprint density at radius 1 is 1.28 bits per heavy atom. The van der Waals surface area contributed by atoms with Gasteiger partial charge in [-0.15, -0.1) is 0 Å². The topological polar surface area (TPSA) is 81.6 Å². The number of carbonyl (C=O) groups excluding carboxylic acids is 1. The van der Waals surface area contributed by atoms with Crippen molar-refractivity contribution in [3.63, 3.8) is 0 Å². The van der Waals surface area contributed by atoms with Gasteiger partial charge in [0, 0.05) is 13.1 Å². The molecule has 7 heteroatoms. The first-order valence-electron chi connectivity index (χ1n) is 8.04. The fourth-order valence-electron chi connectivity index (χ4n) is 2.69. The van der Waals surface area contributed by atoms with Gasteiger partial charge in [0.15, 0.2) is 12.4 Å². The molecule has 0 bridgehead atoms. The molecular formula is C18H17N3O4. The molecule has 0 radical (unpaired) electrons. The van der Waals surface area contributed by atoms with Crippen LogP contribution in [-0.2, 0) is 4.79 Å². The summed E-state index contributed by atoms with van der Waals surface area (Å²) in [5, 5.41) is 3.91. The maximum Gasteiger partial charge on any atom is 0.260 e. The van der Waals surface area contributed by atoms with Gasteiger partial charge in [-0.1, -0.05) is 23.4 Å². The van der Waals surface area contributed by atoms with Gasteiger partial charge in [0.1, 0.15) is 5.75 Å².